The van der Waals surface area contributed by atoms with E-state index < -0.39 is 0 Å². The molecule has 0 heterocycles. The summed E-state index contributed by atoms with van der Waals surface area (Å²) in [6.07, 6.45) is 0. The molecule has 0 aliphatic carbocycles. The number of amides is 1. The highest BCUT2D eigenvalue weighted by Gasteiger charge is 2.25. The zero-order chi connectivity index (χ0) is 13.9. The minimum atomic E-state index is -0.218. The molecule has 0 fully saturated rings. The first-order chi connectivity index (χ1) is 8.24. The molecular weight excluding hydrogens is 271 g/mol. The number of halogens is 2. The van der Waals surface area contributed by atoms with E-state index in [1.807, 2.05) is 20.8 Å². The van der Waals surface area contributed by atoms with E-state index in [4.69, 9.17) is 28.9 Å². The van der Waals surface area contributed by atoms with Gasteiger partial charge in [-0.25, -0.2) is 0 Å². The van der Waals surface area contributed by atoms with Crippen LogP contribution < -0.4 is 11.1 Å². The molecule has 0 radical (unpaired) electrons. The fourth-order valence-electron chi connectivity index (χ4n) is 1.56. The monoisotopic (exact) mass is 288 g/mol. The van der Waals surface area contributed by atoms with Crippen LogP contribution in [0.4, 0.5) is 0 Å². The summed E-state index contributed by atoms with van der Waals surface area (Å²) >= 11 is 11.7. The molecule has 3 N–H and O–H groups in total. The predicted octanol–water partition coefficient (Wildman–Crippen LogP) is 3.10. The van der Waals surface area contributed by atoms with Crippen LogP contribution in [0, 0.1) is 5.41 Å². The number of rotatable bonds is 3. The second-order valence-corrected chi connectivity index (χ2v) is 6.16. The van der Waals surface area contributed by atoms with Crippen LogP contribution in [0.2, 0.25) is 10.0 Å². The van der Waals surface area contributed by atoms with Gasteiger partial charge in [-0.3, -0.25) is 4.79 Å². The summed E-state index contributed by atoms with van der Waals surface area (Å²) in [5.41, 5.74) is 6.01. The van der Waals surface area contributed by atoms with Gasteiger partial charge in [0.25, 0.3) is 5.91 Å². The number of nitrogens with two attached hydrogens (primary N) is 1. The first kappa shape index (κ1) is 15.3. The Morgan fingerprint density at radius 2 is 1.78 bits per heavy atom. The van der Waals surface area contributed by atoms with Gasteiger partial charge in [-0.05, 0) is 23.6 Å². The van der Waals surface area contributed by atoms with Gasteiger partial charge < -0.3 is 11.1 Å². The number of hydrogen-bond acceptors (Lipinski definition) is 2. The van der Waals surface area contributed by atoms with Crippen LogP contribution in [0.15, 0.2) is 18.2 Å². The summed E-state index contributed by atoms with van der Waals surface area (Å²) in [5, 5.41) is 3.77. The molecule has 0 bridgehead atoms. The lowest BCUT2D eigenvalue weighted by molar-refractivity contribution is 0.0905. The highest BCUT2D eigenvalue weighted by atomic mass is 35.5. The third kappa shape index (κ3) is 4.16. The maximum Gasteiger partial charge on any atom is 0.251 e. The Morgan fingerprint density at radius 3 is 2.17 bits per heavy atom. The number of nitrogens with one attached hydrogen (secondary N) is 1. The van der Waals surface area contributed by atoms with Gasteiger partial charge in [0.2, 0.25) is 0 Å². The molecule has 100 valence electrons. The molecule has 1 atom stereocenters. The minimum Gasteiger partial charge on any atom is -0.348 e. The smallest absolute Gasteiger partial charge is 0.251 e. The van der Waals surface area contributed by atoms with Crippen LogP contribution >= 0.6 is 23.2 Å². The first-order valence-corrected chi connectivity index (χ1v) is 6.46. The second kappa shape index (κ2) is 5.91. The van der Waals surface area contributed by atoms with Gasteiger partial charge in [0.1, 0.15) is 0 Å². The van der Waals surface area contributed by atoms with Gasteiger partial charge in [-0.1, -0.05) is 44.0 Å². The van der Waals surface area contributed by atoms with Crippen LogP contribution in [0.1, 0.15) is 31.1 Å². The topological polar surface area (TPSA) is 55.1 Å². The zero-order valence-corrected chi connectivity index (χ0v) is 12.3. The van der Waals surface area contributed by atoms with Gasteiger partial charge in [-0.2, -0.15) is 0 Å². The van der Waals surface area contributed by atoms with Crippen molar-refractivity contribution in [1.29, 1.82) is 0 Å². The van der Waals surface area contributed by atoms with Crippen LogP contribution in [-0.4, -0.2) is 18.5 Å². The van der Waals surface area contributed by atoms with Crippen molar-refractivity contribution in [2.24, 2.45) is 11.1 Å². The van der Waals surface area contributed by atoms with Crippen LogP contribution in [0.3, 0.4) is 0 Å². The SMILES string of the molecule is CC(C)(C)C(CN)NC(=O)c1cc(Cl)cc(Cl)c1. The molecule has 0 saturated carbocycles. The molecule has 1 aromatic rings. The summed E-state index contributed by atoms with van der Waals surface area (Å²) in [4.78, 5) is 12.1. The van der Waals surface area contributed by atoms with E-state index in [1.54, 1.807) is 18.2 Å². The van der Waals surface area contributed by atoms with Crippen LogP contribution in [0.5, 0.6) is 0 Å². The summed E-state index contributed by atoms with van der Waals surface area (Å²) in [5.74, 6) is -0.218. The van der Waals surface area contributed by atoms with E-state index >= 15 is 0 Å². The Labute approximate surface area is 118 Å². The molecule has 0 aliphatic rings. The van der Waals surface area contributed by atoms with Crippen molar-refractivity contribution in [3.8, 4) is 0 Å². The third-order valence-electron chi connectivity index (χ3n) is 2.71. The lowest BCUT2D eigenvalue weighted by atomic mass is 9.86. The Kier molecular flexibility index (Phi) is 5.02. The minimum absolute atomic E-state index is 0.104. The van der Waals surface area contributed by atoms with Crippen molar-refractivity contribution in [2.45, 2.75) is 26.8 Å². The zero-order valence-electron chi connectivity index (χ0n) is 10.8. The van der Waals surface area contributed by atoms with Gasteiger partial charge >= 0.3 is 0 Å². The van der Waals surface area contributed by atoms with Crippen molar-refractivity contribution in [3.05, 3.63) is 33.8 Å². The molecule has 5 heteroatoms. The molecule has 0 aromatic heterocycles. The van der Waals surface area contributed by atoms with Gasteiger partial charge in [-0.15, -0.1) is 0 Å². The predicted molar refractivity (Wildman–Crippen MR) is 76.2 cm³/mol. The van der Waals surface area contributed by atoms with E-state index in [9.17, 15) is 4.79 Å². The standard InChI is InChI=1S/C13H18Cl2N2O/c1-13(2,3)11(7-16)17-12(18)8-4-9(14)6-10(15)5-8/h4-6,11H,7,16H2,1-3H3,(H,17,18). The highest BCUT2D eigenvalue weighted by Crippen LogP contribution is 2.21. The Bertz CT molecular complexity index is 421. The average molecular weight is 289 g/mol. The van der Waals surface area contributed by atoms with E-state index in [0.717, 1.165) is 0 Å². The maximum atomic E-state index is 12.1. The normalized spacial score (nSPS) is 13.2. The molecule has 1 aromatic carbocycles. The Balaban J connectivity index is 2.88. The van der Waals surface area contributed by atoms with E-state index in [-0.39, 0.29) is 17.4 Å². The van der Waals surface area contributed by atoms with E-state index in [1.165, 1.54) is 0 Å². The summed E-state index contributed by atoms with van der Waals surface area (Å²) in [7, 11) is 0. The number of carbonyl (C=O) groups is 1. The van der Waals surface area contributed by atoms with Crippen molar-refractivity contribution in [1.82, 2.24) is 5.32 Å². The van der Waals surface area contributed by atoms with Crippen LogP contribution in [0.25, 0.3) is 0 Å². The summed E-state index contributed by atoms with van der Waals surface area (Å²) < 4.78 is 0. The van der Waals surface area contributed by atoms with Gasteiger partial charge in [0.05, 0.1) is 0 Å². The maximum absolute atomic E-state index is 12.1. The first-order valence-electron chi connectivity index (χ1n) is 5.71. The summed E-state index contributed by atoms with van der Waals surface area (Å²) in [6.45, 7) is 6.45. The lowest BCUT2D eigenvalue weighted by Crippen LogP contribution is -2.48. The molecule has 0 spiro atoms. The Morgan fingerprint density at radius 1 is 1.28 bits per heavy atom. The molecule has 18 heavy (non-hydrogen) atoms. The molecular formula is C13H18Cl2N2O. The molecule has 0 saturated heterocycles. The van der Waals surface area contributed by atoms with Gasteiger partial charge in [0.15, 0.2) is 0 Å². The highest BCUT2D eigenvalue weighted by molar-refractivity contribution is 6.35. The number of carbonyl (C=O) groups excluding carboxylic acids is 1. The molecule has 1 unspecified atom stereocenters. The fraction of sp³-hybridized carbons (Fsp3) is 0.462. The van der Waals surface area contributed by atoms with Crippen molar-refractivity contribution in [2.75, 3.05) is 6.54 Å². The Hall–Kier alpha value is -0.770. The number of hydrogen-bond donors (Lipinski definition) is 2. The molecule has 0 aliphatic heterocycles. The average Bonchev–Trinajstić information content (AvgIpc) is 2.22. The van der Waals surface area contributed by atoms with Crippen molar-refractivity contribution < 1.29 is 4.79 Å². The van der Waals surface area contributed by atoms with Crippen molar-refractivity contribution in [3.63, 3.8) is 0 Å². The van der Waals surface area contributed by atoms with Crippen LogP contribution in [-0.2, 0) is 0 Å². The van der Waals surface area contributed by atoms with Crippen molar-refractivity contribution >= 4 is 29.1 Å². The molecule has 3 nitrogen and oxygen atoms in total. The summed E-state index contributed by atoms with van der Waals surface area (Å²) in [6, 6.07) is 4.64. The quantitative estimate of drug-likeness (QED) is 0.898. The fourth-order valence-corrected chi connectivity index (χ4v) is 2.08. The third-order valence-corrected chi connectivity index (χ3v) is 3.15. The molecule has 1 amide bonds. The second-order valence-electron chi connectivity index (χ2n) is 5.29. The lowest BCUT2D eigenvalue weighted by Gasteiger charge is -2.30. The van der Waals surface area contributed by atoms with E-state index in [0.29, 0.717) is 22.2 Å². The molecule has 1 rings (SSSR count). The largest absolute Gasteiger partial charge is 0.348 e. The number of benzene rings is 1. The van der Waals surface area contributed by atoms with Gasteiger partial charge in [0, 0.05) is 28.2 Å². The van der Waals surface area contributed by atoms with E-state index in [2.05, 4.69) is 5.32 Å².